The van der Waals surface area contributed by atoms with Crippen LogP contribution in [0.2, 0.25) is 0 Å². The first-order chi connectivity index (χ1) is 14.3. The second kappa shape index (κ2) is 7.44. The van der Waals surface area contributed by atoms with E-state index < -0.39 is 11.8 Å². The van der Waals surface area contributed by atoms with Crippen LogP contribution in [0.3, 0.4) is 0 Å². The minimum absolute atomic E-state index is 0.000615. The van der Waals surface area contributed by atoms with Crippen LogP contribution in [0.1, 0.15) is 18.1 Å². The molecule has 6 nitrogen and oxygen atoms in total. The number of nitrogens with one attached hydrogen (secondary N) is 1. The zero-order valence-corrected chi connectivity index (χ0v) is 16.6. The molecule has 2 N–H and O–H groups in total. The van der Waals surface area contributed by atoms with Gasteiger partial charge in [0.15, 0.2) is 11.5 Å². The van der Waals surface area contributed by atoms with Crippen molar-refractivity contribution in [3.8, 4) is 22.6 Å². The molecule has 156 valence electrons. The summed E-state index contributed by atoms with van der Waals surface area (Å²) in [6.45, 7) is 1.30. The van der Waals surface area contributed by atoms with E-state index in [1.54, 1.807) is 18.3 Å². The Morgan fingerprint density at radius 3 is 2.90 bits per heavy atom. The molecule has 1 aromatic heterocycles. The molecule has 0 amide bonds. The van der Waals surface area contributed by atoms with Crippen LogP contribution in [-0.2, 0) is 0 Å². The number of halogens is 2. The fourth-order valence-electron chi connectivity index (χ4n) is 3.73. The van der Waals surface area contributed by atoms with E-state index in [-0.39, 0.29) is 23.4 Å². The number of ether oxygens (including phenoxy) is 1. The topological polar surface area (TPSA) is 75.8 Å². The van der Waals surface area contributed by atoms with Gasteiger partial charge in [0.05, 0.1) is 7.11 Å². The summed E-state index contributed by atoms with van der Waals surface area (Å²) in [4.78, 5) is 17.8. The third-order valence-corrected chi connectivity index (χ3v) is 5.17. The average molecular weight is 413 g/mol. The largest absolute Gasteiger partial charge is 0.504 e. The van der Waals surface area contributed by atoms with Crippen molar-refractivity contribution >= 4 is 12.0 Å². The molecule has 0 atom stereocenters. The van der Waals surface area contributed by atoms with Gasteiger partial charge in [-0.05, 0) is 36.4 Å². The normalized spacial score (nSPS) is 15.7. The highest BCUT2D eigenvalue weighted by Gasteiger charge is 2.33. The molecule has 30 heavy (non-hydrogen) atoms. The van der Waals surface area contributed by atoms with Crippen LogP contribution in [0.4, 0.5) is 8.78 Å². The number of benzene rings is 1. The quantitative estimate of drug-likeness (QED) is 0.807. The van der Waals surface area contributed by atoms with E-state index in [1.807, 2.05) is 6.08 Å². The van der Waals surface area contributed by atoms with Crippen molar-refractivity contribution in [2.24, 2.45) is 4.99 Å². The molecule has 0 saturated carbocycles. The van der Waals surface area contributed by atoms with Crippen LogP contribution in [0.5, 0.6) is 11.5 Å². The van der Waals surface area contributed by atoms with Gasteiger partial charge in [-0.25, -0.2) is 8.78 Å². The van der Waals surface area contributed by atoms with E-state index in [2.05, 4.69) is 10.3 Å². The first-order valence-corrected chi connectivity index (χ1v) is 9.50. The molecule has 0 spiro atoms. The molecule has 0 unspecified atom stereocenters. The molecule has 4 rings (SSSR count). The van der Waals surface area contributed by atoms with Gasteiger partial charge in [0.1, 0.15) is 5.49 Å². The number of aromatic nitrogens is 1. The Balaban J connectivity index is 1.90. The van der Waals surface area contributed by atoms with E-state index in [0.717, 1.165) is 17.7 Å². The lowest BCUT2D eigenvalue weighted by Gasteiger charge is -2.21. The van der Waals surface area contributed by atoms with E-state index >= 15 is 0 Å². The first kappa shape index (κ1) is 19.9. The number of carbonyl (C=O) groups excluding carboxylic acids is 1. The number of phenolic OH excluding ortho intramolecular Hbond substituents is 1. The summed E-state index contributed by atoms with van der Waals surface area (Å²) in [6.07, 6.45) is 6.95. The molecule has 0 saturated heterocycles. The first-order valence-electron chi connectivity index (χ1n) is 9.50. The number of fused-ring (bicyclic) bond motifs is 1. The molecule has 8 heteroatoms. The second-order valence-electron chi connectivity index (χ2n) is 7.21. The Hall–Kier alpha value is -3.42. The fourth-order valence-corrected chi connectivity index (χ4v) is 3.73. The van der Waals surface area contributed by atoms with Crippen LogP contribution in [0.25, 0.3) is 17.2 Å². The summed E-state index contributed by atoms with van der Waals surface area (Å²) in [5.74, 6) is -3.40. The minimum Gasteiger partial charge on any atom is -0.504 e. The van der Waals surface area contributed by atoms with Crippen molar-refractivity contribution in [3.05, 3.63) is 58.5 Å². The van der Waals surface area contributed by atoms with E-state index in [4.69, 9.17) is 4.74 Å². The zero-order valence-electron chi connectivity index (χ0n) is 16.6. The molecule has 2 aliphatic heterocycles. The van der Waals surface area contributed by atoms with E-state index in [0.29, 0.717) is 29.8 Å². The molecular formula is C22H21F2N3O3. The highest BCUT2D eigenvalue weighted by molar-refractivity contribution is 5.98. The summed E-state index contributed by atoms with van der Waals surface area (Å²) in [5.41, 5.74) is 1.57. The number of allylic oxidation sites excluding steroid dienone is 2. The lowest BCUT2D eigenvalue weighted by Crippen LogP contribution is -2.38. The second-order valence-corrected chi connectivity index (χ2v) is 7.21. The highest BCUT2D eigenvalue weighted by atomic mass is 19.3. The Kier molecular flexibility index (Phi) is 4.93. The zero-order chi connectivity index (χ0) is 21.5. The van der Waals surface area contributed by atoms with Crippen LogP contribution in [0.15, 0.2) is 52.8 Å². The highest BCUT2D eigenvalue weighted by Crippen LogP contribution is 2.31. The van der Waals surface area contributed by atoms with Gasteiger partial charge in [-0.15, -0.1) is 0 Å². The molecular weight excluding hydrogens is 392 g/mol. The number of rotatable bonds is 4. The van der Waals surface area contributed by atoms with Crippen LogP contribution in [-0.4, -0.2) is 41.7 Å². The van der Waals surface area contributed by atoms with Crippen LogP contribution < -0.4 is 20.8 Å². The lowest BCUT2D eigenvalue weighted by atomic mass is 10.00. The van der Waals surface area contributed by atoms with Crippen LogP contribution >= 0.6 is 0 Å². The summed E-state index contributed by atoms with van der Waals surface area (Å²) in [6, 6.07) is 4.88. The summed E-state index contributed by atoms with van der Waals surface area (Å²) in [5, 5.41) is 13.5. The van der Waals surface area contributed by atoms with Gasteiger partial charge in [-0.2, -0.15) is 0 Å². The molecule has 2 aliphatic rings. The van der Waals surface area contributed by atoms with Gasteiger partial charge < -0.3 is 15.2 Å². The summed E-state index contributed by atoms with van der Waals surface area (Å²) >= 11 is 0. The predicted octanol–water partition coefficient (Wildman–Crippen LogP) is 2.38. The van der Waals surface area contributed by atoms with Gasteiger partial charge in [0.25, 0.3) is 11.8 Å². The smallest absolute Gasteiger partial charge is 0.271 e. The van der Waals surface area contributed by atoms with Crippen molar-refractivity contribution in [2.45, 2.75) is 19.3 Å². The van der Waals surface area contributed by atoms with Crippen molar-refractivity contribution in [1.82, 2.24) is 9.88 Å². The Bertz CT molecular complexity index is 1200. The minimum atomic E-state index is -3.15. The molecule has 0 bridgehead atoms. The van der Waals surface area contributed by atoms with E-state index in [9.17, 15) is 18.7 Å². The number of alkyl halides is 2. The maximum atomic E-state index is 14.1. The summed E-state index contributed by atoms with van der Waals surface area (Å²) < 4.78 is 34.7. The van der Waals surface area contributed by atoms with Crippen molar-refractivity contribution in [2.75, 3.05) is 20.2 Å². The number of methoxy groups -OCH3 is 1. The lowest BCUT2D eigenvalue weighted by molar-refractivity contribution is 0.0639. The van der Waals surface area contributed by atoms with Crippen molar-refractivity contribution < 1.29 is 23.4 Å². The van der Waals surface area contributed by atoms with Gasteiger partial charge in [0.2, 0.25) is 0 Å². The standard InChI is InChI=1S/C22H21F2N3O3/c1-22(23,24)17-7-9-25-11-15(17)21(29)27-12-16(14-4-3-8-26-20(14)27)13-5-6-18(28)19(10-13)30-2/h4-7,9-10,12,25,28H,3,8,11H2,1-2H3. The molecule has 0 radical (unpaired) electrons. The van der Waals surface area contributed by atoms with Crippen LogP contribution in [0, 0.1) is 0 Å². The maximum absolute atomic E-state index is 14.1. The Morgan fingerprint density at radius 1 is 1.37 bits per heavy atom. The number of hydrogen-bond acceptors (Lipinski definition) is 5. The third kappa shape index (κ3) is 3.38. The van der Waals surface area contributed by atoms with Gasteiger partial charge >= 0.3 is 0 Å². The van der Waals surface area contributed by atoms with Gasteiger partial charge in [-0.1, -0.05) is 12.1 Å². The number of aromatic hydroxyl groups is 1. The predicted molar refractivity (Wildman–Crippen MR) is 108 cm³/mol. The SMILES string of the molecule is COc1cc(-c2cn(C(=O)C3=C(C(C)(F)F)C=CNC3)c3c2=CCCN=3)ccc1O. The van der Waals surface area contributed by atoms with Gasteiger partial charge in [-0.3, -0.25) is 14.4 Å². The number of carbonyl (C=O) groups is 1. The number of nitrogens with zero attached hydrogens (tertiary/aromatic N) is 2. The Morgan fingerprint density at radius 2 is 2.17 bits per heavy atom. The summed E-state index contributed by atoms with van der Waals surface area (Å²) in [7, 11) is 1.45. The number of dihydropyridines is 1. The molecule has 0 aliphatic carbocycles. The monoisotopic (exact) mass is 413 g/mol. The molecule has 1 aromatic carbocycles. The maximum Gasteiger partial charge on any atom is 0.271 e. The molecule has 2 aromatic rings. The Labute approximate surface area is 171 Å². The average Bonchev–Trinajstić information content (AvgIpc) is 3.13. The number of phenols is 1. The molecule has 0 fully saturated rings. The third-order valence-electron chi connectivity index (χ3n) is 5.17. The number of hydrogen-bond donors (Lipinski definition) is 2. The van der Waals surface area contributed by atoms with Crippen molar-refractivity contribution in [3.63, 3.8) is 0 Å². The molecule has 3 heterocycles. The van der Waals surface area contributed by atoms with E-state index in [1.165, 1.54) is 30.0 Å². The fraction of sp³-hybridized carbons (Fsp3) is 0.273. The van der Waals surface area contributed by atoms with Gasteiger partial charge in [0, 0.05) is 48.1 Å². The van der Waals surface area contributed by atoms with Crippen molar-refractivity contribution in [1.29, 1.82) is 0 Å².